The van der Waals surface area contributed by atoms with Gasteiger partial charge in [0.15, 0.2) is 0 Å². The summed E-state index contributed by atoms with van der Waals surface area (Å²) >= 11 is 7.08. The second-order valence-corrected chi connectivity index (χ2v) is 4.42. The number of alkyl halides is 1. The van der Waals surface area contributed by atoms with Gasteiger partial charge in [-0.15, -0.1) is 22.9 Å². The molecule has 1 aromatic heterocycles. The highest BCUT2D eigenvalue weighted by molar-refractivity contribution is 7.11. The topological polar surface area (TPSA) is 33.2 Å². The number of aryl methyl sites for hydroxylation is 1. The molecule has 0 radical (unpaired) electrons. The fourth-order valence-electron chi connectivity index (χ4n) is 0.978. The maximum absolute atomic E-state index is 11.2. The van der Waals surface area contributed by atoms with Crippen LogP contribution in [0.4, 0.5) is 0 Å². The zero-order chi connectivity index (χ0) is 10.6. The van der Waals surface area contributed by atoms with Crippen molar-refractivity contribution in [3.8, 4) is 0 Å². The molecule has 78 valence electrons. The minimum absolute atomic E-state index is 0.0303. The average molecular weight is 233 g/mol. The Hall–Kier alpha value is -0.610. The summed E-state index contributed by atoms with van der Waals surface area (Å²) in [6.07, 6.45) is 2.85. The molecule has 0 N–H and O–H groups in total. The monoisotopic (exact) mass is 232 g/mol. The van der Waals surface area contributed by atoms with E-state index in [2.05, 4.69) is 11.9 Å². The van der Waals surface area contributed by atoms with Gasteiger partial charge in [0.2, 0.25) is 5.91 Å². The Balaban J connectivity index is 2.55. The van der Waals surface area contributed by atoms with Gasteiger partial charge < -0.3 is 4.90 Å². The van der Waals surface area contributed by atoms with E-state index < -0.39 is 0 Å². The molecule has 0 saturated carbocycles. The van der Waals surface area contributed by atoms with Gasteiger partial charge in [0, 0.05) is 18.1 Å². The smallest absolute Gasteiger partial charge is 0.237 e. The van der Waals surface area contributed by atoms with Gasteiger partial charge in [-0.25, -0.2) is 4.98 Å². The van der Waals surface area contributed by atoms with Crippen molar-refractivity contribution in [3.05, 3.63) is 16.1 Å². The number of carbonyl (C=O) groups excluding carboxylic acids is 1. The second kappa shape index (κ2) is 5.32. The first-order chi connectivity index (χ1) is 6.67. The Kier molecular flexibility index (Phi) is 4.35. The van der Waals surface area contributed by atoms with Crippen molar-refractivity contribution in [2.24, 2.45) is 0 Å². The van der Waals surface area contributed by atoms with Crippen LogP contribution in [0.5, 0.6) is 0 Å². The number of hydrogen-bond acceptors (Lipinski definition) is 3. The van der Waals surface area contributed by atoms with E-state index in [9.17, 15) is 4.79 Å². The third-order valence-electron chi connectivity index (χ3n) is 1.86. The van der Waals surface area contributed by atoms with Crippen LogP contribution in [-0.4, -0.2) is 28.7 Å². The molecule has 0 atom stereocenters. The molecule has 0 aliphatic rings. The molecular weight excluding hydrogens is 220 g/mol. The summed E-state index contributed by atoms with van der Waals surface area (Å²) in [5.41, 5.74) is 0. The van der Waals surface area contributed by atoms with E-state index in [1.54, 1.807) is 23.3 Å². The van der Waals surface area contributed by atoms with Crippen molar-refractivity contribution in [3.63, 3.8) is 0 Å². The predicted molar refractivity (Wildman–Crippen MR) is 58.7 cm³/mol. The number of hydrogen-bond donors (Lipinski definition) is 0. The van der Waals surface area contributed by atoms with Crippen molar-refractivity contribution in [1.29, 1.82) is 0 Å². The zero-order valence-corrected chi connectivity index (χ0v) is 9.86. The quantitative estimate of drug-likeness (QED) is 0.743. The molecule has 0 aliphatic carbocycles. The third-order valence-corrected chi connectivity index (χ3v) is 3.22. The normalized spacial score (nSPS) is 10.2. The molecule has 1 aromatic rings. The molecule has 0 fully saturated rings. The van der Waals surface area contributed by atoms with Crippen LogP contribution in [0, 0.1) is 0 Å². The number of nitrogens with zero attached hydrogens (tertiary/aromatic N) is 2. The first kappa shape index (κ1) is 11.5. The largest absolute Gasteiger partial charge is 0.338 e. The van der Waals surface area contributed by atoms with Gasteiger partial charge in [-0.05, 0) is 6.42 Å². The van der Waals surface area contributed by atoms with E-state index in [4.69, 9.17) is 11.6 Å². The van der Waals surface area contributed by atoms with E-state index in [1.807, 2.05) is 6.20 Å². The Bertz CT molecular complexity index is 314. The van der Waals surface area contributed by atoms with E-state index in [-0.39, 0.29) is 11.8 Å². The van der Waals surface area contributed by atoms with Crippen LogP contribution in [0.1, 0.15) is 16.8 Å². The number of carbonyl (C=O) groups is 1. The molecule has 0 aromatic carbocycles. The van der Waals surface area contributed by atoms with Crippen LogP contribution in [0.15, 0.2) is 6.20 Å². The van der Waals surface area contributed by atoms with Crippen molar-refractivity contribution < 1.29 is 4.79 Å². The Morgan fingerprint density at radius 1 is 1.71 bits per heavy atom. The highest BCUT2D eigenvalue weighted by Crippen LogP contribution is 2.14. The fraction of sp³-hybridized carbons (Fsp3) is 0.556. The molecule has 0 spiro atoms. The minimum atomic E-state index is -0.0695. The molecule has 1 heterocycles. The standard InChI is InChI=1S/C9H13ClN2OS/c1-3-7-5-11-8(14-7)6-12(2)9(13)4-10/h5H,3-4,6H2,1-2H3. The summed E-state index contributed by atoms with van der Waals surface area (Å²) in [6.45, 7) is 2.64. The molecule has 14 heavy (non-hydrogen) atoms. The number of aromatic nitrogens is 1. The summed E-state index contributed by atoms with van der Waals surface area (Å²) < 4.78 is 0. The van der Waals surface area contributed by atoms with Crippen LogP contribution in [0.3, 0.4) is 0 Å². The van der Waals surface area contributed by atoms with E-state index >= 15 is 0 Å². The molecule has 0 bridgehead atoms. The fourth-order valence-corrected chi connectivity index (χ4v) is 2.10. The molecule has 1 rings (SSSR count). The lowest BCUT2D eigenvalue weighted by molar-refractivity contribution is -0.127. The van der Waals surface area contributed by atoms with Gasteiger partial charge in [-0.1, -0.05) is 6.92 Å². The van der Waals surface area contributed by atoms with Gasteiger partial charge in [0.25, 0.3) is 0 Å². The van der Waals surface area contributed by atoms with Gasteiger partial charge >= 0.3 is 0 Å². The third kappa shape index (κ3) is 2.96. The van der Waals surface area contributed by atoms with Crippen LogP contribution in [0.25, 0.3) is 0 Å². The molecule has 0 unspecified atom stereocenters. The number of amides is 1. The molecule has 5 heteroatoms. The summed E-state index contributed by atoms with van der Waals surface area (Å²) in [5, 5.41) is 0.961. The Labute approximate surface area is 92.7 Å². The van der Waals surface area contributed by atoms with Crippen LogP contribution in [0.2, 0.25) is 0 Å². The minimum Gasteiger partial charge on any atom is -0.338 e. The number of thiazole rings is 1. The van der Waals surface area contributed by atoms with Crippen molar-refractivity contribution in [2.45, 2.75) is 19.9 Å². The Morgan fingerprint density at radius 3 is 2.93 bits per heavy atom. The number of rotatable bonds is 4. The average Bonchev–Trinajstić information content (AvgIpc) is 2.64. The molecule has 0 saturated heterocycles. The van der Waals surface area contributed by atoms with Gasteiger partial charge in [0.1, 0.15) is 10.9 Å². The molecular formula is C9H13ClN2OS. The van der Waals surface area contributed by atoms with Gasteiger partial charge in [0.05, 0.1) is 6.54 Å². The predicted octanol–water partition coefficient (Wildman–Crippen LogP) is 1.90. The summed E-state index contributed by atoms with van der Waals surface area (Å²) in [5.74, 6) is -0.0393. The lowest BCUT2D eigenvalue weighted by Gasteiger charge is -2.13. The number of halogens is 1. The molecule has 1 amide bonds. The second-order valence-electron chi connectivity index (χ2n) is 2.96. The molecule has 3 nitrogen and oxygen atoms in total. The highest BCUT2D eigenvalue weighted by Gasteiger charge is 2.09. The summed E-state index contributed by atoms with van der Waals surface area (Å²) in [4.78, 5) is 18.2. The Morgan fingerprint density at radius 2 is 2.43 bits per heavy atom. The van der Waals surface area contributed by atoms with Crippen molar-refractivity contribution >= 4 is 28.8 Å². The van der Waals surface area contributed by atoms with Gasteiger partial charge in [-0.3, -0.25) is 4.79 Å². The van der Waals surface area contributed by atoms with Crippen LogP contribution < -0.4 is 0 Å². The lowest BCUT2D eigenvalue weighted by atomic mass is 10.4. The lowest BCUT2D eigenvalue weighted by Crippen LogP contribution is -2.26. The van der Waals surface area contributed by atoms with E-state index in [0.29, 0.717) is 6.54 Å². The zero-order valence-electron chi connectivity index (χ0n) is 8.29. The summed E-state index contributed by atoms with van der Waals surface area (Å²) in [7, 11) is 1.73. The van der Waals surface area contributed by atoms with Crippen LogP contribution in [-0.2, 0) is 17.8 Å². The SMILES string of the molecule is CCc1cnc(CN(C)C(=O)CCl)s1. The first-order valence-corrected chi connectivity index (χ1v) is 5.76. The highest BCUT2D eigenvalue weighted by atomic mass is 35.5. The maximum atomic E-state index is 11.2. The van der Waals surface area contributed by atoms with Gasteiger partial charge in [-0.2, -0.15) is 0 Å². The van der Waals surface area contributed by atoms with Crippen molar-refractivity contribution in [1.82, 2.24) is 9.88 Å². The van der Waals surface area contributed by atoms with E-state index in [0.717, 1.165) is 11.4 Å². The maximum Gasteiger partial charge on any atom is 0.237 e. The molecule has 0 aliphatic heterocycles. The first-order valence-electron chi connectivity index (χ1n) is 4.40. The summed E-state index contributed by atoms with van der Waals surface area (Å²) in [6, 6.07) is 0. The van der Waals surface area contributed by atoms with E-state index in [1.165, 1.54) is 4.88 Å². The van der Waals surface area contributed by atoms with Crippen molar-refractivity contribution in [2.75, 3.05) is 12.9 Å². The van der Waals surface area contributed by atoms with Crippen LogP contribution >= 0.6 is 22.9 Å².